The lowest BCUT2D eigenvalue weighted by Crippen LogP contribution is -1.98. The van der Waals surface area contributed by atoms with Gasteiger partial charge in [0.05, 0.1) is 13.2 Å². The molecule has 1 aromatic rings. The first-order valence-corrected chi connectivity index (χ1v) is 6.42. The molecular weight excluding hydrogens is 196 g/mol. The molecule has 0 bridgehead atoms. The van der Waals surface area contributed by atoms with Crippen LogP contribution in [-0.2, 0) is 24.4 Å². The fraction of sp³-hybridized carbons (Fsp3) is 0.600. The van der Waals surface area contributed by atoms with Crippen LogP contribution < -0.4 is 0 Å². The molecule has 0 amide bonds. The second-order valence-electron chi connectivity index (χ2n) is 4.17. The quantitative estimate of drug-likeness (QED) is 0.721. The van der Waals surface area contributed by atoms with Gasteiger partial charge in [0.1, 0.15) is 0 Å². The Balaban J connectivity index is 0.000000606. The molecule has 0 aliphatic carbocycles. The summed E-state index contributed by atoms with van der Waals surface area (Å²) in [6, 6.07) is 2.34. The minimum atomic E-state index is 0.813. The second kappa shape index (κ2) is 6.05. The Labute approximate surface area is 99.8 Å². The number of fused-ring (bicyclic) bond motifs is 1. The van der Waals surface area contributed by atoms with E-state index >= 15 is 0 Å². The van der Waals surface area contributed by atoms with Gasteiger partial charge in [-0.1, -0.05) is 33.3 Å². The first-order valence-electron chi connectivity index (χ1n) is 6.42. The molecule has 1 aromatic carbocycles. The molecule has 0 atom stereocenters. The normalized spacial score (nSPS) is 13.1. The maximum absolute atomic E-state index is 5.48. The van der Waals surface area contributed by atoms with Gasteiger partial charge in [-0.25, -0.2) is 0 Å². The Morgan fingerprint density at radius 3 is 2.44 bits per heavy atom. The van der Waals surface area contributed by atoms with Crippen molar-refractivity contribution < 1.29 is 4.74 Å². The van der Waals surface area contributed by atoms with Crippen LogP contribution in [-0.4, -0.2) is 0 Å². The lowest BCUT2D eigenvalue weighted by Gasteiger charge is -2.12. The Kier molecular flexibility index (Phi) is 5.01. The van der Waals surface area contributed by atoms with Gasteiger partial charge in [-0.15, -0.1) is 0 Å². The van der Waals surface area contributed by atoms with Gasteiger partial charge in [0.25, 0.3) is 0 Å². The second-order valence-corrected chi connectivity index (χ2v) is 4.17. The first-order chi connectivity index (χ1) is 7.74. The van der Waals surface area contributed by atoms with E-state index in [-0.39, 0.29) is 0 Å². The van der Waals surface area contributed by atoms with Crippen molar-refractivity contribution in [1.82, 2.24) is 0 Å². The number of hydrogen-bond acceptors (Lipinski definition) is 1. The summed E-state index contributed by atoms with van der Waals surface area (Å²) in [6.07, 6.45) is 2.42. The summed E-state index contributed by atoms with van der Waals surface area (Å²) in [4.78, 5) is 0. The van der Waals surface area contributed by atoms with Gasteiger partial charge in [0, 0.05) is 0 Å². The average Bonchev–Trinajstić information content (AvgIpc) is 2.77. The minimum absolute atomic E-state index is 0.813. The van der Waals surface area contributed by atoms with E-state index < -0.39 is 0 Å². The molecular formula is C15H24O. The highest BCUT2D eigenvalue weighted by Gasteiger charge is 2.16. The van der Waals surface area contributed by atoms with E-state index in [4.69, 9.17) is 4.74 Å². The monoisotopic (exact) mass is 220 g/mol. The van der Waals surface area contributed by atoms with Crippen molar-refractivity contribution in [2.75, 3.05) is 0 Å². The highest BCUT2D eigenvalue weighted by atomic mass is 16.5. The largest absolute Gasteiger partial charge is 0.372 e. The first kappa shape index (κ1) is 13.2. The standard InChI is InChI=1S/C13H18O.C2H6/c1-4-5-11-6-12-7-14-8-13(12)10(3)9(11)2;1-2/h6H,4-5,7-8H2,1-3H3;1-2H3. The van der Waals surface area contributed by atoms with Crippen molar-refractivity contribution in [1.29, 1.82) is 0 Å². The Morgan fingerprint density at radius 2 is 1.81 bits per heavy atom. The zero-order chi connectivity index (χ0) is 12.1. The van der Waals surface area contributed by atoms with Gasteiger partial charge >= 0.3 is 0 Å². The summed E-state index contributed by atoms with van der Waals surface area (Å²) in [5.41, 5.74) is 7.27. The highest BCUT2D eigenvalue weighted by molar-refractivity contribution is 5.45. The molecule has 0 unspecified atom stereocenters. The molecule has 1 aliphatic heterocycles. The SMILES string of the molecule is CC.CCCc1cc2c(c(C)c1C)COC2. The number of ether oxygens (including phenoxy) is 1. The molecule has 1 heterocycles. The fourth-order valence-corrected chi connectivity index (χ4v) is 2.24. The van der Waals surface area contributed by atoms with Crippen molar-refractivity contribution >= 4 is 0 Å². The highest BCUT2D eigenvalue weighted by Crippen LogP contribution is 2.28. The third-order valence-electron chi connectivity index (χ3n) is 3.26. The van der Waals surface area contributed by atoms with Crippen LogP contribution in [0, 0.1) is 13.8 Å². The van der Waals surface area contributed by atoms with Crippen LogP contribution in [0.3, 0.4) is 0 Å². The van der Waals surface area contributed by atoms with Crippen molar-refractivity contribution in [3.05, 3.63) is 33.9 Å². The molecule has 1 heteroatoms. The van der Waals surface area contributed by atoms with Crippen molar-refractivity contribution in [3.8, 4) is 0 Å². The van der Waals surface area contributed by atoms with Gasteiger partial charge in [0.15, 0.2) is 0 Å². The lowest BCUT2D eigenvalue weighted by atomic mass is 9.93. The van der Waals surface area contributed by atoms with Gasteiger partial charge in [-0.2, -0.15) is 0 Å². The maximum Gasteiger partial charge on any atom is 0.0727 e. The third-order valence-corrected chi connectivity index (χ3v) is 3.26. The van der Waals surface area contributed by atoms with E-state index in [1.807, 2.05) is 13.8 Å². The fourth-order valence-electron chi connectivity index (χ4n) is 2.24. The van der Waals surface area contributed by atoms with E-state index in [1.54, 1.807) is 0 Å². The molecule has 0 N–H and O–H groups in total. The average molecular weight is 220 g/mol. The van der Waals surface area contributed by atoms with Gasteiger partial charge in [-0.3, -0.25) is 0 Å². The molecule has 0 saturated heterocycles. The van der Waals surface area contributed by atoms with Gasteiger partial charge < -0.3 is 4.74 Å². The van der Waals surface area contributed by atoms with Crippen LogP contribution in [0.4, 0.5) is 0 Å². The zero-order valence-electron chi connectivity index (χ0n) is 11.3. The summed E-state index contributed by atoms with van der Waals surface area (Å²) >= 11 is 0. The predicted molar refractivity (Wildman–Crippen MR) is 69.8 cm³/mol. The molecule has 90 valence electrons. The summed E-state index contributed by atoms with van der Waals surface area (Å²) in [7, 11) is 0. The van der Waals surface area contributed by atoms with Gasteiger partial charge in [-0.05, 0) is 48.1 Å². The van der Waals surface area contributed by atoms with Gasteiger partial charge in [0.2, 0.25) is 0 Å². The van der Waals surface area contributed by atoms with Crippen LogP contribution in [0.15, 0.2) is 6.07 Å². The Hall–Kier alpha value is -0.820. The Bertz CT molecular complexity index is 353. The molecule has 0 aromatic heterocycles. The molecule has 16 heavy (non-hydrogen) atoms. The van der Waals surface area contributed by atoms with E-state index in [0.717, 1.165) is 13.2 Å². The van der Waals surface area contributed by atoms with E-state index in [2.05, 4.69) is 26.8 Å². The lowest BCUT2D eigenvalue weighted by molar-refractivity contribution is 0.134. The third kappa shape index (κ3) is 2.46. The van der Waals surface area contributed by atoms with Crippen LogP contribution >= 0.6 is 0 Å². The summed E-state index contributed by atoms with van der Waals surface area (Å²) in [6.45, 7) is 12.3. The zero-order valence-corrected chi connectivity index (χ0v) is 11.3. The number of aryl methyl sites for hydroxylation is 1. The van der Waals surface area contributed by atoms with Crippen molar-refractivity contribution in [2.45, 2.75) is 60.7 Å². The smallest absolute Gasteiger partial charge is 0.0727 e. The molecule has 2 rings (SSSR count). The van der Waals surface area contributed by atoms with Crippen molar-refractivity contribution in [2.24, 2.45) is 0 Å². The van der Waals surface area contributed by atoms with Crippen LogP contribution in [0.25, 0.3) is 0 Å². The molecule has 0 saturated carbocycles. The number of hydrogen-bond donors (Lipinski definition) is 0. The summed E-state index contributed by atoms with van der Waals surface area (Å²) in [5.74, 6) is 0. The summed E-state index contributed by atoms with van der Waals surface area (Å²) < 4.78 is 5.48. The molecule has 1 aliphatic rings. The minimum Gasteiger partial charge on any atom is -0.372 e. The maximum atomic E-state index is 5.48. The van der Waals surface area contributed by atoms with Crippen LogP contribution in [0.5, 0.6) is 0 Å². The van der Waals surface area contributed by atoms with Crippen LogP contribution in [0.2, 0.25) is 0 Å². The van der Waals surface area contributed by atoms with Crippen molar-refractivity contribution in [3.63, 3.8) is 0 Å². The molecule has 1 nitrogen and oxygen atoms in total. The van der Waals surface area contributed by atoms with E-state index in [0.29, 0.717) is 0 Å². The van der Waals surface area contributed by atoms with E-state index in [9.17, 15) is 0 Å². The molecule has 0 radical (unpaired) electrons. The number of rotatable bonds is 2. The number of benzene rings is 1. The predicted octanol–water partition coefficient (Wildman–Crippen LogP) is 4.31. The topological polar surface area (TPSA) is 9.23 Å². The summed E-state index contributed by atoms with van der Waals surface area (Å²) in [5, 5.41) is 0. The van der Waals surface area contributed by atoms with Crippen LogP contribution in [0.1, 0.15) is 55.0 Å². The van der Waals surface area contributed by atoms with E-state index in [1.165, 1.54) is 40.7 Å². The molecule has 0 fully saturated rings. The molecule has 0 spiro atoms. The Morgan fingerprint density at radius 1 is 1.12 bits per heavy atom.